The van der Waals surface area contributed by atoms with Crippen molar-refractivity contribution in [1.29, 1.82) is 0 Å². The molecule has 0 aliphatic rings. The summed E-state index contributed by atoms with van der Waals surface area (Å²) in [6.07, 6.45) is 0. The normalized spacial score (nSPS) is 9.33. The first-order valence-corrected chi connectivity index (χ1v) is 2.76. The first kappa shape index (κ1) is 6.46. The van der Waals surface area contributed by atoms with E-state index in [0.29, 0.717) is 5.92 Å². The molecule has 0 radical (unpaired) electrons. The summed E-state index contributed by atoms with van der Waals surface area (Å²) in [6, 6.07) is 0. The van der Waals surface area contributed by atoms with Crippen molar-refractivity contribution in [1.82, 2.24) is 0 Å². The van der Waals surface area contributed by atoms with Gasteiger partial charge in [0.1, 0.15) is 0 Å². The highest BCUT2D eigenvalue weighted by molar-refractivity contribution is 7.29. The molecule has 0 aliphatic heterocycles. The van der Waals surface area contributed by atoms with Gasteiger partial charge in [-0.25, -0.2) is 0 Å². The van der Waals surface area contributed by atoms with Crippen LogP contribution in [0.5, 0.6) is 0 Å². The lowest BCUT2D eigenvalue weighted by atomic mass is 10.3. The van der Waals surface area contributed by atoms with Gasteiger partial charge in [-0.2, -0.15) is 0 Å². The quantitative estimate of drug-likeness (QED) is 0.468. The molecular weight excluding hydrogens is 114 g/mol. The van der Waals surface area contributed by atoms with Gasteiger partial charge in [-0.3, -0.25) is 0 Å². The van der Waals surface area contributed by atoms with E-state index in [4.69, 9.17) is 11.6 Å². The van der Waals surface area contributed by atoms with Gasteiger partial charge in [-0.05, 0) is 5.92 Å². The Morgan fingerprint density at radius 2 is 1.83 bits per heavy atom. The summed E-state index contributed by atoms with van der Waals surface area (Å²) in [5.41, 5.74) is 0. The molecule has 0 aliphatic carbocycles. The van der Waals surface area contributed by atoms with Crippen molar-refractivity contribution in [3.05, 3.63) is 0 Å². The minimum absolute atomic E-state index is 0.448. The second-order valence-corrected chi connectivity index (χ2v) is 2.77. The molecule has 0 fully saturated rings. The van der Waals surface area contributed by atoms with Gasteiger partial charge in [0.2, 0.25) is 0 Å². The smallest absolute Gasteiger partial charge is 0.0402 e. The molecule has 0 amide bonds. The van der Waals surface area contributed by atoms with Gasteiger partial charge in [0, 0.05) is 4.75 Å². The molecule has 36 valence electrons. The molecule has 6 heavy (non-hydrogen) atoms. The van der Waals surface area contributed by atoms with Crippen LogP contribution in [-0.2, 0) is 0 Å². The van der Waals surface area contributed by atoms with E-state index in [1.54, 1.807) is 0 Å². The Balaban J connectivity index is 3.26. The molecule has 0 nitrogen and oxygen atoms in total. The zero-order valence-electron chi connectivity index (χ0n) is 3.96. The molecular formula is C4H8ClP. The molecule has 0 saturated heterocycles. The van der Waals surface area contributed by atoms with Crippen molar-refractivity contribution >= 4 is 25.2 Å². The Labute approximate surface area is 45.7 Å². The summed E-state index contributed by atoms with van der Waals surface area (Å²) in [5.74, 6) is 0.448. The van der Waals surface area contributed by atoms with Crippen LogP contribution in [0.4, 0.5) is 0 Å². The van der Waals surface area contributed by atoms with Crippen molar-refractivity contribution in [3.8, 4) is 0 Å². The summed E-state index contributed by atoms with van der Waals surface area (Å²) in [6.45, 7) is 4.05. The number of halogens is 1. The van der Waals surface area contributed by atoms with E-state index >= 15 is 0 Å². The highest BCUT2D eigenvalue weighted by Crippen LogP contribution is 2.00. The highest BCUT2D eigenvalue weighted by Gasteiger charge is 1.91. The summed E-state index contributed by atoms with van der Waals surface area (Å²) < 4.78 is 0.787. The summed E-state index contributed by atoms with van der Waals surface area (Å²) in [4.78, 5) is 0. The van der Waals surface area contributed by atoms with Gasteiger partial charge in [-0.1, -0.05) is 25.4 Å². The molecule has 0 N–H and O–H groups in total. The van der Waals surface area contributed by atoms with Crippen molar-refractivity contribution < 1.29 is 0 Å². The zero-order chi connectivity index (χ0) is 5.15. The van der Waals surface area contributed by atoms with E-state index < -0.39 is 0 Å². The highest BCUT2D eigenvalue weighted by atomic mass is 35.5. The molecule has 0 aromatic heterocycles. The second kappa shape index (κ2) is 2.60. The summed E-state index contributed by atoms with van der Waals surface area (Å²) >= 11 is 5.44. The molecule has 0 rings (SSSR count). The van der Waals surface area contributed by atoms with Crippen LogP contribution >= 0.6 is 20.5 Å². The maximum Gasteiger partial charge on any atom is 0.0402 e. The third-order valence-corrected chi connectivity index (χ3v) is 1.52. The third kappa shape index (κ3) is 2.68. The minimum Gasteiger partial charge on any atom is -0.106 e. The van der Waals surface area contributed by atoms with Crippen molar-refractivity contribution in [2.45, 2.75) is 13.8 Å². The Kier molecular flexibility index (Phi) is 2.80. The molecule has 0 aromatic rings. The van der Waals surface area contributed by atoms with E-state index in [0.717, 1.165) is 4.75 Å². The van der Waals surface area contributed by atoms with Gasteiger partial charge in [-0.15, -0.1) is 8.86 Å². The fourth-order valence-electron chi connectivity index (χ4n) is 0. The molecule has 0 bridgehead atoms. The van der Waals surface area contributed by atoms with Gasteiger partial charge in [0.25, 0.3) is 0 Å². The van der Waals surface area contributed by atoms with E-state index in [2.05, 4.69) is 8.86 Å². The number of hydrogen-bond acceptors (Lipinski definition) is 0. The van der Waals surface area contributed by atoms with Gasteiger partial charge in [0.15, 0.2) is 0 Å². The molecule has 0 saturated carbocycles. The second-order valence-electron chi connectivity index (χ2n) is 1.50. The first-order chi connectivity index (χ1) is 2.64. The van der Waals surface area contributed by atoms with Crippen LogP contribution in [0.25, 0.3) is 0 Å². The van der Waals surface area contributed by atoms with Gasteiger partial charge >= 0.3 is 0 Å². The zero-order valence-corrected chi connectivity index (χ0v) is 5.71. The lowest BCUT2D eigenvalue weighted by Crippen LogP contribution is -1.91. The van der Waals surface area contributed by atoms with Crippen molar-refractivity contribution in [3.63, 3.8) is 0 Å². The summed E-state index contributed by atoms with van der Waals surface area (Å²) in [5, 5.41) is 0. The Morgan fingerprint density at radius 1 is 1.67 bits per heavy atom. The lowest BCUT2D eigenvalue weighted by Gasteiger charge is -1.93. The van der Waals surface area contributed by atoms with E-state index in [-0.39, 0.29) is 0 Å². The molecule has 2 heteroatoms. The molecule has 0 unspecified atom stereocenters. The largest absolute Gasteiger partial charge is 0.106 e. The minimum atomic E-state index is 0.448. The Hall–Kier alpha value is 0.460. The Bertz CT molecular complexity index is 58.6. The van der Waals surface area contributed by atoms with Crippen molar-refractivity contribution in [2.75, 3.05) is 0 Å². The van der Waals surface area contributed by atoms with Crippen molar-refractivity contribution in [2.24, 2.45) is 5.92 Å². The average Bonchev–Trinajstić information content (AvgIpc) is 1.36. The maximum absolute atomic E-state index is 5.44. The fraction of sp³-hybridized carbons (Fsp3) is 0.750. The van der Waals surface area contributed by atoms with Crippen LogP contribution < -0.4 is 0 Å². The monoisotopic (exact) mass is 122 g/mol. The Morgan fingerprint density at radius 3 is 1.83 bits per heavy atom. The average molecular weight is 123 g/mol. The lowest BCUT2D eigenvalue weighted by molar-refractivity contribution is 0.914. The molecule has 0 heterocycles. The first-order valence-electron chi connectivity index (χ1n) is 1.88. The summed E-state index contributed by atoms with van der Waals surface area (Å²) in [7, 11) is 3.17. The maximum atomic E-state index is 5.44. The van der Waals surface area contributed by atoms with Crippen LogP contribution in [-0.4, -0.2) is 4.75 Å². The predicted molar refractivity (Wildman–Crippen MR) is 34.0 cm³/mol. The number of hydrogen-bond donors (Lipinski definition) is 0. The fourth-order valence-corrected chi connectivity index (χ4v) is 0. The third-order valence-electron chi connectivity index (χ3n) is 0.507. The number of rotatable bonds is 1. The van der Waals surface area contributed by atoms with Crippen LogP contribution in [0.1, 0.15) is 13.8 Å². The molecule has 0 spiro atoms. The van der Waals surface area contributed by atoms with E-state index in [9.17, 15) is 0 Å². The van der Waals surface area contributed by atoms with Gasteiger partial charge in [0.05, 0.1) is 0 Å². The van der Waals surface area contributed by atoms with E-state index in [1.807, 2.05) is 13.8 Å². The van der Waals surface area contributed by atoms with E-state index in [1.165, 1.54) is 0 Å². The van der Waals surface area contributed by atoms with Crippen LogP contribution in [0, 0.1) is 5.92 Å². The van der Waals surface area contributed by atoms with Crippen LogP contribution in [0.2, 0.25) is 0 Å². The molecule has 0 atom stereocenters. The van der Waals surface area contributed by atoms with Crippen LogP contribution in [0.15, 0.2) is 0 Å². The topological polar surface area (TPSA) is 0 Å². The standard InChI is InChI=1S/C4H8ClP/c1-3(2)4(5)6/h3,6H,1-2H3. The molecule has 0 aromatic carbocycles. The predicted octanol–water partition coefficient (Wildman–Crippen LogP) is 2.15. The SMILES string of the molecule is CC(C)C(=P)Cl. The van der Waals surface area contributed by atoms with Crippen LogP contribution in [0.3, 0.4) is 0 Å². The van der Waals surface area contributed by atoms with Gasteiger partial charge < -0.3 is 0 Å².